The van der Waals surface area contributed by atoms with Gasteiger partial charge in [0.05, 0.1) is 29.7 Å². The molecule has 1 spiro atoms. The van der Waals surface area contributed by atoms with Crippen molar-refractivity contribution in [2.75, 3.05) is 24.6 Å². The summed E-state index contributed by atoms with van der Waals surface area (Å²) in [7, 11) is 0. The predicted octanol–water partition coefficient (Wildman–Crippen LogP) is 1.15. The fourth-order valence-corrected chi connectivity index (χ4v) is 2.22. The number of morpholine rings is 1. The first kappa shape index (κ1) is 10.5. The van der Waals surface area contributed by atoms with E-state index in [0.717, 1.165) is 31.6 Å². The molecule has 2 heterocycles. The van der Waals surface area contributed by atoms with Crippen molar-refractivity contribution in [3.63, 3.8) is 0 Å². The molecule has 5 heteroatoms. The fourth-order valence-electron chi connectivity index (χ4n) is 2.22. The zero-order valence-corrected chi connectivity index (χ0v) is 9.43. The lowest BCUT2D eigenvalue weighted by Crippen LogP contribution is -2.44. The third-order valence-electron chi connectivity index (χ3n) is 3.39. The Labute approximate surface area is 99.0 Å². The van der Waals surface area contributed by atoms with Gasteiger partial charge in [-0.05, 0) is 18.9 Å². The number of carboxylic acids is 1. The maximum atomic E-state index is 10.9. The quantitative estimate of drug-likeness (QED) is 0.831. The van der Waals surface area contributed by atoms with E-state index in [1.54, 1.807) is 12.3 Å². The minimum absolute atomic E-state index is 0.0392. The van der Waals surface area contributed by atoms with Crippen LogP contribution in [0.15, 0.2) is 18.5 Å². The van der Waals surface area contributed by atoms with Gasteiger partial charge in [0, 0.05) is 19.3 Å². The first-order chi connectivity index (χ1) is 8.19. The van der Waals surface area contributed by atoms with Crippen molar-refractivity contribution in [2.24, 2.45) is 0 Å². The molecule has 1 saturated heterocycles. The van der Waals surface area contributed by atoms with E-state index in [2.05, 4.69) is 9.88 Å². The summed E-state index contributed by atoms with van der Waals surface area (Å²) in [5.74, 6) is -0.936. The highest BCUT2D eigenvalue weighted by Gasteiger charge is 2.47. The van der Waals surface area contributed by atoms with Gasteiger partial charge in [0.2, 0.25) is 0 Å². The SMILES string of the molecule is O=C(O)c1cncc(N2CCOC3(CC3)C2)c1. The van der Waals surface area contributed by atoms with Crippen LogP contribution in [0.5, 0.6) is 0 Å². The lowest BCUT2D eigenvalue weighted by molar-refractivity contribution is 0.0206. The Balaban J connectivity index is 1.83. The van der Waals surface area contributed by atoms with E-state index in [-0.39, 0.29) is 11.2 Å². The van der Waals surface area contributed by atoms with E-state index in [1.807, 2.05) is 0 Å². The van der Waals surface area contributed by atoms with Crippen molar-refractivity contribution >= 4 is 11.7 Å². The predicted molar refractivity (Wildman–Crippen MR) is 61.3 cm³/mol. The van der Waals surface area contributed by atoms with E-state index in [0.29, 0.717) is 6.61 Å². The van der Waals surface area contributed by atoms with Crippen molar-refractivity contribution in [2.45, 2.75) is 18.4 Å². The summed E-state index contributed by atoms with van der Waals surface area (Å²) < 4.78 is 5.73. The van der Waals surface area contributed by atoms with Gasteiger partial charge in [-0.3, -0.25) is 4.98 Å². The van der Waals surface area contributed by atoms with Crippen LogP contribution in [0.1, 0.15) is 23.2 Å². The van der Waals surface area contributed by atoms with Crippen LogP contribution in [0.25, 0.3) is 0 Å². The first-order valence-corrected chi connectivity index (χ1v) is 5.76. The summed E-state index contributed by atoms with van der Waals surface area (Å²) in [5.41, 5.74) is 1.15. The van der Waals surface area contributed by atoms with E-state index in [4.69, 9.17) is 9.84 Å². The number of aromatic nitrogens is 1. The summed E-state index contributed by atoms with van der Waals surface area (Å²) in [6, 6.07) is 1.68. The number of anilines is 1. The third kappa shape index (κ3) is 1.98. The molecule has 0 bridgehead atoms. The second-order valence-electron chi connectivity index (χ2n) is 4.69. The van der Waals surface area contributed by atoms with Gasteiger partial charge in [-0.15, -0.1) is 0 Å². The Morgan fingerprint density at radius 2 is 2.29 bits per heavy atom. The molecule has 2 fully saturated rings. The Kier molecular flexibility index (Phi) is 2.29. The summed E-state index contributed by atoms with van der Waals surface area (Å²) in [6.07, 6.45) is 5.30. The Morgan fingerprint density at radius 3 is 3.00 bits per heavy atom. The number of rotatable bonds is 2. The van der Waals surface area contributed by atoms with Crippen LogP contribution in [0, 0.1) is 0 Å². The molecule has 1 aliphatic heterocycles. The average molecular weight is 234 g/mol. The van der Waals surface area contributed by atoms with Gasteiger partial charge in [0.1, 0.15) is 0 Å². The number of ether oxygens (including phenoxy) is 1. The minimum Gasteiger partial charge on any atom is -0.478 e. The molecule has 1 aromatic rings. The van der Waals surface area contributed by atoms with Gasteiger partial charge in [0.15, 0.2) is 0 Å². The second-order valence-corrected chi connectivity index (χ2v) is 4.69. The van der Waals surface area contributed by atoms with Crippen LogP contribution in [0.3, 0.4) is 0 Å². The van der Waals surface area contributed by atoms with Gasteiger partial charge < -0.3 is 14.7 Å². The van der Waals surface area contributed by atoms with Crippen LogP contribution in [0.4, 0.5) is 5.69 Å². The lowest BCUT2D eigenvalue weighted by Gasteiger charge is -2.34. The van der Waals surface area contributed by atoms with E-state index in [1.165, 1.54) is 6.20 Å². The topological polar surface area (TPSA) is 62.7 Å². The molecule has 0 amide bonds. The van der Waals surface area contributed by atoms with Crippen LogP contribution in [0.2, 0.25) is 0 Å². The highest BCUT2D eigenvalue weighted by Crippen LogP contribution is 2.42. The molecule has 1 aliphatic carbocycles. The minimum atomic E-state index is -0.936. The zero-order valence-electron chi connectivity index (χ0n) is 9.43. The third-order valence-corrected chi connectivity index (χ3v) is 3.39. The maximum absolute atomic E-state index is 10.9. The lowest BCUT2D eigenvalue weighted by atomic mass is 10.2. The molecule has 90 valence electrons. The standard InChI is InChI=1S/C12H14N2O3/c15-11(16)9-5-10(7-13-6-9)14-3-4-17-12(8-14)1-2-12/h5-7H,1-4,8H2,(H,15,16). The molecule has 0 radical (unpaired) electrons. The van der Waals surface area contributed by atoms with Crippen LogP contribution < -0.4 is 4.90 Å². The number of pyridine rings is 1. The van der Waals surface area contributed by atoms with E-state index >= 15 is 0 Å². The van der Waals surface area contributed by atoms with Crippen LogP contribution in [-0.4, -0.2) is 41.4 Å². The molecule has 5 nitrogen and oxygen atoms in total. The van der Waals surface area contributed by atoms with Crippen LogP contribution >= 0.6 is 0 Å². The van der Waals surface area contributed by atoms with Gasteiger partial charge in [-0.25, -0.2) is 4.79 Å². The Hall–Kier alpha value is -1.62. The van der Waals surface area contributed by atoms with Gasteiger partial charge in [0.25, 0.3) is 0 Å². The van der Waals surface area contributed by atoms with Crippen molar-refractivity contribution < 1.29 is 14.6 Å². The summed E-state index contributed by atoms with van der Waals surface area (Å²) in [5, 5.41) is 8.94. The number of carbonyl (C=O) groups is 1. The zero-order chi connectivity index (χ0) is 11.9. The number of carboxylic acid groups (broad SMARTS) is 1. The molecule has 1 aromatic heterocycles. The normalized spacial score (nSPS) is 21.5. The summed E-state index contributed by atoms with van der Waals surface area (Å²) in [6.45, 7) is 2.35. The van der Waals surface area contributed by atoms with Crippen molar-refractivity contribution in [3.05, 3.63) is 24.0 Å². The van der Waals surface area contributed by atoms with Gasteiger partial charge in [-0.1, -0.05) is 0 Å². The molecular formula is C12H14N2O3. The molecule has 2 aliphatic rings. The van der Waals surface area contributed by atoms with Crippen molar-refractivity contribution in [1.29, 1.82) is 0 Å². The maximum Gasteiger partial charge on any atom is 0.337 e. The number of nitrogens with zero attached hydrogens (tertiary/aromatic N) is 2. The fraction of sp³-hybridized carbons (Fsp3) is 0.500. The average Bonchev–Trinajstić information content (AvgIpc) is 3.08. The highest BCUT2D eigenvalue weighted by atomic mass is 16.5. The second kappa shape index (κ2) is 3.70. The molecule has 17 heavy (non-hydrogen) atoms. The first-order valence-electron chi connectivity index (χ1n) is 5.76. The Morgan fingerprint density at radius 1 is 1.47 bits per heavy atom. The molecule has 1 N–H and O–H groups in total. The summed E-state index contributed by atoms with van der Waals surface area (Å²) in [4.78, 5) is 17.0. The van der Waals surface area contributed by atoms with E-state index < -0.39 is 5.97 Å². The van der Waals surface area contributed by atoms with E-state index in [9.17, 15) is 4.79 Å². The van der Waals surface area contributed by atoms with Crippen LogP contribution in [-0.2, 0) is 4.74 Å². The number of hydrogen-bond donors (Lipinski definition) is 1. The molecule has 0 aromatic carbocycles. The molecular weight excluding hydrogens is 220 g/mol. The molecule has 1 saturated carbocycles. The van der Waals surface area contributed by atoms with Gasteiger partial charge >= 0.3 is 5.97 Å². The highest BCUT2D eigenvalue weighted by molar-refractivity contribution is 5.88. The van der Waals surface area contributed by atoms with Crippen molar-refractivity contribution in [1.82, 2.24) is 4.98 Å². The monoisotopic (exact) mass is 234 g/mol. The molecule has 0 atom stereocenters. The van der Waals surface area contributed by atoms with Gasteiger partial charge in [-0.2, -0.15) is 0 Å². The largest absolute Gasteiger partial charge is 0.478 e. The number of aromatic carboxylic acids is 1. The number of hydrogen-bond acceptors (Lipinski definition) is 4. The molecule has 0 unspecified atom stereocenters. The summed E-state index contributed by atoms with van der Waals surface area (Å²) >= 11 is 0. The molecule has 3 rings (SSSR count). The van der Waals surface area contributed by atoms with Crippen molar-refractivity contribution in [3.8, 4) is 0 Å². The smallest absolute Gasteiger partial charge is 0.337 e. The Bertz CT molecular complexity index is 457.